The van der Waals surface area contributed by atoms with E-state index in [1.54, 1.807) is 0 Å². The topological polar surface area (TPSA) is 28.1 Å². The van der Waals surface area contributed by atoms with Gasteiger partial charge in [-0.05, 0) is 12.1 Å². The van der Waals surface area contributed by atoms with Crippen LogP contribution in [0.15, 0.2) is 12.1 Å². The lowest BCUT2D eigenvalue weighted by Crippen LogP contribution is -1.76. The van der Waals surface area contributed by atoms with Crippen LogP contribution in [0.5, 0.6) is 0 Å². The van der Waals surface area contributed by atoms with Crippen molar-refractivity contribution in [2.24, 2.45) is 0 Å². The first-order chi connectivity index (χ1) is 5.69. The lowest BCUT2D eigenvalue weighted by atomic mass is 10.2. The fourth-order valence-electron chi connectivity index (χ4n) is 0.718. The van der Waals surface area contributed by atoms with Gasteiger partial charge in [-0.1, -0.05) is 23.2 Å². The summed E-state index contributed by atoms with van der Waals surface area (Å²) in [5.74, 6) is 0. The van der Waals surface area contributed by atoms with Gasteiger partial charge in [-0.3, -0.25) is 0 Å². The van der Waals surface area contributed by atoms with Gasteiger partial charge in [-0.2, -0.15) is 5.26 Å². The summed E-state index contributed by atoms with van der Waals surface area (Å²) < 4.78 is 0. The molecule has 0 aliphatic heterocycles. The normalized spacial score (nSPS) is 8.67. The van der Waals surface area contributed by atoms with Crippen molar-refractivity contribution >= 4 is 28.9 Å². The molecule has 1 aromatic carbocycles. The monoisotopic (exact) mass is 196 g/mol. The van der Waals surface area contributed by atoms with Crippen molar-refractivity contribution < 1.29 is 0 Å². The molecule has 12 heavy (non-hydrogen) atoms. The van der Waals surface area contributed by atoms with Gasteiger partial charge in [0.15, 0.2) is 0 Å². The summed E-state index contributed by atoms with van der Waals surface area (Å²) in [5, 5.41) is 9.16. The molecular formula is C8H2Cl2N2. The van der Waals surface area contributed by atoms with Crippen LogP contribution in [0.1, 0.15) is 5.56 Å². The van der Waals surface area contributed by atoms with Gasteiger partial charge in [-0.15, -0.1) is 0 Å². The molecule has 0 aliphatic carbocycles. The zero-order valence-electron chi connectivity index (χ0n) is 5.81. The van der Waals surface area contributed by atoms with Gasteiger partial charge in [0.05, 0.1) is 23.2 Å². The summed E-state index contributed by atoms with van der Waals surface area (Å²) in [4.78, 5) is 3.13. The molecule has 0 amide bonds. The number of halogens is 2. The predicted molar refractivity (Wildman–Crippen MR) is 47.4 cm³/mol. The van der Waals surface area contributed by atoms with Gasteiger partial charge >= 0.3 is 0 Å². The first-order valence-corrected chi connectivity index (χ1v) is 3.71. The highest BCUT2D eigenvalue weighted by molar-refractivity contribution is 6.42. The molecule has 0 spiro atoms. The number of hydrogen-bond acceptors (Lipinski definition) is 1. The van der Waals surface area contributed by atoms with Crippen molar-refractivity contribution in [3.8, 4) is 6.07 Å². The van der Waals surface area contributed by atoms with Gasteiger partial charge in [0.1, 0.15) is 0 Å². The second-order valence-electron chi connectivity index (χ2n) is 2.01. The molecule has 58 valence electrons. The number of rotatable bonds is 0. The predicted octanol–water partition coefficient (Wildman–Crippen LogP) is 3.42. The van der Waals surface area contributed by atoms with E-state index < -0.39 is 0 Å². The Bertz CT molecular complexity index is 360. The lowest BCUT2D eigenvalue weighted by Gasteiger charge is -1.97. The van der Waals surface area contributed by atoms with E-state index in [9.17, 15) is 0 Å². The van der Waals surface area contributed by atoms with Crippen molar-refractivity contribution in [1.82, 2.24) is 0 Å². The number of nitriles is 1. The molecule has 0 heterocycles. The minimum absolute atomic E-state index is 0.229. The number of nitrogens with zero attached hydrogens (tertiary/aromatic N) is 2. The molecule has 0 aliphatic rings. The van der Waals surface area contributed by atoms with E-state index in [0.717, 1.165) is 0 Å². The minimum Gasteiger partial charge on any atom is -0.237 e. The zero-order chi connectivity index (χ0) is 9.14. The standard InChI is InChI=1S/C8H2Cl2N2/c1-12-8-3-7(10)6(9)2-5(8)4-11/h2-3H. The van der Waals surface area contributed by atoms with E-state index in [1.165, 1.54) is 12.1 Å². The van der Waals surface area contributed by atoms with E-state index >= 15 is 0 Å². The summed E-state index contributed by atoms with van der Waals surface area (Å²) in [6.07, 6.45) is 0. The Morgan fingerprint density at radius 2 is 1.92 bits per heavy atom. The maximum absolute atomic E-state index is 8.57. The molecule has 0 bridgehead atoms. The molecule has 0 saturated heterocycles. The molecule has 0 N–H and O–H groups in total. The highest BCUT2D eigenvalue weighted by Crippen LogP contribution is 2.30. The molecule has 1 rings (SSSR count). The Balaban J connectivity index is 3.44. The highest BCUT2D eigenvalue weighted by Gasteiger charge is 2.05. The average molecular weight is 197 g/mol. The van der Waals surface area contributed by atoms with Gasteiger partial charge in [0.2, 0.25) is 5.69 Å². The van der Waals surface area contributed by atoms with Gasteiger partial charge in [0.25, 0.3) is 0 Å². The summed E-state index contributed by atoms with van der Waals surface area (Å²) in [5.41, 5.74) is 0.478. The Labute approximate surface area is 79.8 Å². The van der Waals surface area contributed by atoms with E-state index in [0.29, 0.717) is 10.0 Å². The van der Waals surface area contributed by atoms with Crippen molar-refractivity contribution in [1.29, 1.82) is 5.26 Å². The largest absolute Gasteiger partial charge is 0.237 e. The Hall–Kier alpha value is -1.22. The average Bonchev–Trinajstić information content (AvgIpc) is 2.09. The van der Waals surface area contributed by atoms with Crippen LogP contribution >= 0.6 is 23.2 Å². The molecule has 0 unspecified atom stereocenters. The fourth-order valence-corrected chi connectivity index (χ4v) is 1.04. The minimum atomic E-state index is 0.229. The fraction of sp³-hybridized carbons (Fsp3) is 0. The molecular weight excluding hydrogens is 195 g/mol. The highest BCUT2D eigenvalue weighted by atomic mass is 35.5. The molecule has 1 aromatic rings. The Morgan fingerprint density at radius 1 is 1.33 bits per heavy atom. The molecule has 0 saturated carbocycles. The van der Waals surface area contributed by atoms with Crippen molar-refractivity contribution in [2.45, 2.75) is 0 Å². The molecule has 0 radical (unpaired) electrons. The maximum Gasteiger partial charge on any atom is 0.206 e. The second kappa shape index (κ2) is 3.45. The Morgan fingerprint density at radius 3 is 2.42 bits per heavy atom. The van der Waals surface area contributed by atoms with Crippen molar-refractivity contribution in [3.63, 3.8) is 0 Å². The van der Waals surface area contributed by atoms with Crippen LogP contribution < -0.4 is 0 Å². The van der Waals surface area contributed by atoms with Crippen LogP contribution in [0.2, 0.25) is 10.0 Å². The summed E-state index contributed by atoms with van der Waals surface area (Å²) in [6.45, 7) is 6.73. The molecule has 4 heteroatoms. The van der Waals surface area contributed by atoms with Crippen LogP contribution in [0.3, 0.4) is 0 Å². The van der Waals surface area contributed by atoms with Gasteiger partial charge < -0.3 is 0 Å². The molecule has 0 atom stereocenters. The van der Waals surface area contributed by atoms with E-state index in [2.05, 4.69) is 4.85 Å². The second-order valence-corrected chi connectivity index (χ2v) is 2.82. The third-order valence-corrected chi connectivity index (χ3v) is 2.00. The maximum atomic E-state index is 8.57. The van der Waals surface area contributed by atoms with Crippen LogP contribution in [0.25, 0.3) is 4.85 Å². The van der Waals surface area contributed by atoms with Gasteiger partial charge in [-0.25, -0.2) is 4.85 Å². The van der Waals surface area contributed by atoms with E-state index in [-0.39, 0.29) is 11.3 Å². The summed E-state index contributed by atoms with van der Waals surface area (Å²) >= 11 is 11.3. The van der Waals surface area contributed by atoms with Crippen LogP contribution in [0.4, 0.5) is 5.69 Å². The number of benzene rings is 1. The first kappa shape index (κ1) is 8.87. The third-order valence-electron chi connectivity index (χ3n) is 1.28. The smallest absolute Gasteiger partial charge is 0.206 e. The Kier molecular flexibility index (Phi) is 2.55. The summed E-state index contributed by atoms with van der Waals surface area (Å²) in [6, 6.07) is 4.63. The van der Waals surface area contributed by atoms with E-state index in [4.69, 9.17) is 35.0 Å². The quantitative estimate of drug-likeness (QED) is 0.585. The first-order valence-electron chi connectivity index (χ1n) is 2.95. The van der Waals surface area contributed by atoms with Crippen LogP contribution in [-0.2, 0) is 0 Å². The van der Waals surface area contributed by atoms with E-state index in [1.807, 2.05) is 6.07 Å². The SMILES string of the molecule is [C-]#[N+]c1cc(Cl)c(Cl)cc1C#N. The van der Waals surface area contributed by atoms with Crippen molar-refractivity contribution in [2.75, 3.05) is 0 Å². The van der Waals surface area contributed by atoms with Crippen LogP contribution in [-0.4, -0.2) is 0 Å². The summed E-state index contributed by atoms with van der Waals surface area (Å²) in [7, 11) is 0. The van der Waals surface area contributed by atoms with Gasteiger partial charge in [0, 0.05) is 5.02 Å². The van der Waals surface area contributed by atoms with Crippen molar-refractivity contribution in [3.05, 3.63) is 39.2 Å². The molecule has 0 aromatic heterocycles. The number of hydrogen-bond donors (Lipinski definition) is 0. The molecule has 2 nitrogen and oxygen atoms in total. The molecule has 0 fully saturated rings. The third kappa shape index (κ3) is 1.51. The van der Waals surface area contributed by atoms with Crippen LogP contribution in [0, 0.1) is 17.9 Å². The zero-order valence-corrected chi connectivity index (χ0v) is 7.32. The lowest BCUT2D eigenvalue weighted by molar-refractivity contribution is 1.49.